The highest BCUT2D eigenvalue weighted by Crippen LogP contribution is 2.28. The number of anilines is 1. The highest BCUT2D eigenvalue weighted by Gasteiger charge is 2.34. The van der Waals surface area contributed by atoms with Gasteiger partial charge in [0.2, 0.25) is 11.9 Å². The summed E-state index contributed by atoms with van der Waals surface area (Å²) in [5.41, 5.74) is 2.59. The number of amides is 3. The van der Waals surface area contributed by atoms with Gasteiger partial charge in [0.15, 0.2) is 0 Å². The molecular formula is C24H26FN5O2. The lowest BCUT2D eigenvalue weighted by Crippen LogP contribution is -2.45. The van der Waals surface area contributed by atoms with Gasteiger partial charge in [-0.05, 0) is 44.4 Å². The summed E-state index contributed by atoms with van der Waals surface area (Å²) >= 11 is 0. The third-order valence-electron chi connectivity index (χ3n) is 5.35. The summed E-state index contributed by atoms with van der Waals surface area (Å²) < 4.78 is 15.9. The van der Waals surface area contributed by atoms with Gasteiger partial charge in [-0.3, -0.25) is 14.7 Å². The van der Waals surface area contributed by atoms with Gasteiger partial charge in [0.05, 0.1) is 11.4 Å². The van der Waals surface area contributed by atoms with Crippen LogP contribution in [-0.2, 0) is 4.79 Å². The van der Waals surface area contributed by atoms with Gasteiger partial charge in [-0.25, -0.2) is 14.2 Å². The highest BCUT2D eigenvalue weighted by atomic mass is 19.1. The lowest BCUT2D eigenvalue weighted by molar-refractivity contribution is -0.116. The van der Waals surface area contributed by atoms with E-state index in [1.165, 1.54) is 6.07 Å². The maximum atomic E-state index is 14.2. The first-order chi connectivity index (χ1) is 15.5. The Morgan fingerprint density at radius 1 is 1.19 bits per heavy atom. The first kappa shape index (κ1) is 21.5. The first-order valence-corrected chi connectivity index (χ1v) is 10.7. The zero-order valence-electron chi connectivity index (χ0n) is 18.1. The van der Waals surface area contributed by atoms with Gasteiger partial charge < -0.3 is 10.2 Å². The molecule has 0 radical (unpaired) electrons. The van der Waals surface area contributed by atoms with Crippen molar-refractivity contribution in [2.75, 3.05) is 18.4 Å². The van der Waals surface area contributed by atoms with Crippen LogP contribution in [0.5, 0.6) is 0 Å². The minimum atomic E-state index is -0.359. The first-order valence-electron chi connectivity index (χ1n) is 10.7. The Morgan fingerprint density at radius 3 is 2.59 bits per heavy atom. The van der Waals surface area contributed by atoms with E-state index < -0.39 is 0 Å². The maximum absolute atomic E-state index is 14.2. The van der Waals surface area contributed by atoms with Crippen LogP contribution in [0.3, 0.4) is 0 Å². The third-order valence-corrected chi connectivity index (χ3v) is 5.35. The monoisotopic (exact) mass is 435 g/mol. The van der Waals surface area contributed by atoms with Crippen LogP contribution in [0.25, 0.3) is 16.9 Å². The number of halogens is 1. The summed E-state index contributed by atoms with van der Waals surface area (Å²) in [4.78, 5) is 31.3. The summed E-state index contributed by atoms with van der Waals surface area (Å²) in [6.45, 7) is 3.95. The summed E-state index contributed by atoms with van der Waals surface area (Å²) in [5.74, 6) is -0.433. The number of carbonyl (C=O) groups is 2. The minimum absolute atomic E-state index is 0.0771. The lowest BCUT2D eigenvalue weighted by atomic mass is 10.2. The molecular weight excluding hydrogens is 409 g/mol. The van der Waals surface area contributed by atoms with Crippen molar-refractivity contribution < 1.29 is 14.0 Å². The number of hydrogen-bond acceptors (Lipinski definition) is 3. The number of benzene rings is 2. The van der Waals surface area contributed by atoms with Gasteiger partial charge in [0.25, 0.3) is 0 Å². The SMILES string of the molecule is CCNC(=O)N(CC(=O)Nc1nc(-c2ccccc2)cn1-c1ccc(C)c(F)c1)C1CC1. The van der Waals surface area contributed by atoms with E-state index in [2.05, 4.69) is 15.6 Å². The van der Waals surface area contributed by atoms with Gasteiger partial charge in [0, 0.05) is 24.3 Å². The van der Waals surface area contributed by atoms with Crippen LogP contribution in [0, 0.1) is 12.7 Å². The number of rotatable bonds is 7. The fourth-order valence-electron chi connectivity index (χ4n) is 3.47. The number of hydrogen-bond donors (Lipinski definition) is 2. The lowest BCUT2D eigenvalue weighted by Gasteiger charge is -2.22. The molecule has 0 unspecified atom stereocenters. The van der Waals surface area contributed by atoms with Gasteiger partial charge in [0.1, 0.15) is 12.4 Å². The minimum Gasteiger partial charge on any atom is -0.338 e. The largest absolute Gasteiger partial charge is 0.338 e. The van der Waals surface area contributed by atoms with Crippen molar-refractivity contribution >= 4 is 17.9 Å². The second kappa shape index (κ2) is 9.21. The second-order valence-electron chi connectivity index (χ2n) is 7.86. The molecule has 0 atom stereocenters. The fraction of sp³-hybridized carbons (Fsp3) is 0.292. The normalized spacial score (nSPS) is 13.0. The van der Waals surface area contributed by atoms with E-state index >= 15 is 0 Å². The number of urea groups is 1. The fourth-order valence-corrected chi connectivity index (χ4v) is 3.47. The molecule has 1 heterocycles. The average molecular weight is 436 g/mol. The molecule has 0 spiro atoms. The molecule has 0 saturated heterocycles. The summed E-state index contributed by atoms with van der Waals surface area (Å²) in [6, 6.07) is 14.2. The van der Waals surface area contributed by atoms with E-state index in [4.69, 9.17) is 0 Å². The van der Waals surface area contributed by atoms with Crippen LogP contribution in [0.2, 0.25) is 0 Å². The van der Waals surface area contributed by atoms with Crippen molar-refractivity contribution in [1.29, 1.82) is 0 Å². The van der Waals surface area contributed by atoms with Crippen molar-refractivity contribution in [3.63, 3.8) is 0 Å². The van der Waals surface area contributed by atoms with E-state index in [9.17, 15) is 14.0 Å². The van der Waals surface area contributed by atoms with Gasteiger partial charge in [-0.2, -0.15) is 0 Å². The third kappa shape index (κ3) is 4.80. The molecule has 7 nitrogen and oxygen atoms in total. The number of aryl methyl sites for hydroxylation is 1. The zero-order valence-corrected chi connectivity index (χ0v) is 18.1. The number of nitrogens with zero attached hydrogens (tertiary/aromatic N) is 3. The highest BCUT2D eigenvalue weighted by molar-refractivity contribution is 5.93. The molecule has 1 aromatic heterocycles. The Hall–Kier alpha value is -3.68. The molecule has 0 aliphatic heterocycles. The molecule has 8 heteroatoms. The molecule has 3 amide bonds. The van der Waals surface area contributed by atoms with Gasteiger partial charge >= 0.3 is 6.03 Å². The molecule has 0 bridgehead atoms. The summed E-state index contributed by atoms with van der Waals surface area (Å²) in [7, 11) is 0. The molecule has 3 aromatic rings. The van der Waals surface area contributed by atoms with Crippen molar-refractivity contribution in [3.05, 3.63) is 66.1 Å². The maximum Gasteiger partial charge on any atom is 0.318 e. The van der Waals surface area contributed by atoms with Gasteiger partial charge in [-0.15, -0.1) is 0 Å². The van der Waals surface area contributed by atoms with Crippen LogP contribution in [0.4, 0.5) is 15.1 Å². The summed E-state index contributed by atoms with van der Waals surface area (Å²) in [5, 5.41) is 5.57. The molecule has 2 N–H and O–H groups in total. The standard InChI is InChI=1S/C24H26FN5O2/c1-3-26-24(32)30(18-11-12-18)15-22(31)28-23-27-21(17-7-5-4-6-8-17)14-29(23)19-10-9-16(2)20(25)13-19/h4-10,13-14,18H,3,11-12,15H2,1-2H3,(H,26,32)(H,27,28,31). The van der Waals surface area contributed by atoms with Crippen molar-refractivity contribution in [3.8, 4) is 16.9 Å². The molecule has 1 aliphatic rings. The molecule has 1 saturated carbocycles. The van der Waals surface area contributed by atoms with Crippen LogP contribution >= 0.6 is 0 Å². The molecule has 2 aromatic carbocycles. The van der Waals surface area contributed by atoms with Crippen molar-refractivity contribution in [1.82, 2.24) is 19.8 Å². The number of imidazole rings is 1. The quantitative estimate of drug-likeness (QED) is 0.586. The van der Waals surface area contributed by atoms with E-state index in [1.54, 1.807) is 34.7 Å². The number of nitrogens with one attached hydrogen (secondary N) is 2. The predicted molar refractivity (Wildman–Crippen MR) is 121 cm³/mol. The molecule has 166 valence electrons. The van der Waals surface area contributed by atoms with E-state index in [0.29, 0.717) is 23.5 Å². The van der Waals surface area contributed by atoms with Crippen LogP contribution in [0.1, 0.15) is 25.3 Å². The number of aromatic nitrogens is 2. The smallest absolute Gasteiger partial charge is 0.318 e. The molecule has 1 fully saturated rings. The Kier molecular flexibility index (Phi) is 6.20. The Bertz CT molecular complexity index is 1120. The van der Waals surface area contributed by atoms with Crippen LogP contribution in [0.15, 0.2) is 54.7 Å². The van der Waals surface area contributed by atoms with Gasteiger partial charge in [-0.1, -0.05) is 36.4 Å². The van der Waals surface area contributed by atoms with E-state index in [1.807, 2.05) is 37.3 Å². The molecule has 32 heavy (non-hydrogen) atoms. The van der Waals surface area contributed by atoms with Crippen molar-refractivity contribution in [2.45, 2.75) is 32.7 Å². The molecule has 4 rings (SSSR count). The Balaban J connectivity index is 1.62. The topological polar surface area (TPSA) is 79.3 Å². The average Bonchev–Trinajstić information content (AvgIpc) is 3.54. The summed E-state index contributed by atoms with van der Waals surface area (Å²) in [6.07, 6.45) is 3.54. The molecule has 1 aliphatic carbocycles. The predicted octanol–water partition coefficient (Wildman–Crippen LogP) is 4.12. The van der Waals surface area contributed by atoms with E-state index in [-0.39, 0.29) is 36.3 Å². The number of carbonyl (C=O) groups excluding carboxylic acids is 2. The Morgan fingerprint density at radius 2 is 1.94 bits per heavy atom. The Labute approximate surface area is 186 Å². The van der Waals surface area contributed by atoms with Crippen molar-refractivity contribution in [2.24, 2.45) is 0 Å². The zero-order chi connectivity index (χ0) is 22.7. The van der Waals surface area contributed by atoms with E-state index in [0.717, 1.165) is 18.4 Å². The van der Waals surface area contributed by atoms with Crippen LogP contribution < -0.4 is 10.6 Å². The van der Waals surface area contributed by atoms with Crippen LogP contribution in [-0.4, -0.2) is 45.5 Å². The second-order valence-corrected chi connectivity index (χ2v) is 7.86.